The van der Waals surface area contributed by atoms with E-state index < -0.39 is 10.0 Å². The van der Waals surface area contributed by atoms with E-state index in [9.17, 15) is 8.42 Å². The molecular formula is C11H23NO3S. The number of rotatable bonds is 6. The van der Waals surface area contributed by atoms with Crippen LogP contribution in [0, 0.1) is 5.41 Å². The molecule has 1 fully saturated rings. The zero-order valence-electron chi connectivity index (χ0n) is 10.5. The summed E-state index contributed by atoms with van der Waals surface area (Å²) in [5, 5.41) is 0. The smallest absolute Gasteiger partial charge is 0.214 e. The van der Waals surface area contributed by atoms with Crippen LogP contribution >= 0.6 is 0 Å². The molecule has 1 atom stereocenters. The molecule has 0 aromatic heterocycles. The summed E-state index contributed by atoms with van der Waals surface area (Å²) in [5.41, 5.74) is 0.271. The van der Waals surface area contributed by atoms with Crippen LogP contribution in [0.1, 0.15) is 40.0 Å². The lowest BCUT2D eigenvalue weighted by atomic mass is 9.92. The Labute approximate surface area is 98.8 Å². The first-order chi connectivity index (χ1) is 7.35. The van der Waals surface area contributed by atoms with Gasteiger partial charge in [0.1, 0.15) is 0 Å². The molecule has 0 aliphatic heterocycles. The Bertz CT molecular complexity index is 311. The van der Waals surface area contributed by atoms with Gasteiger partial charge >= 0.3 is 0 Å². The molecule has 1 aliphatic carbocycles. The number of sulfonamides is 1. The van der Waals surface area contributed by atoms with Crippen LogP contribution in [0.25, 0.3) is 0 Å². The molecule has 16 heavy (non-hydrogen) atoms. The molecule has 0 heterocycles. The predicted octanol–water partition coefficient (Wildman–Crippen LogP) is 1.52. The van der Waals surface area contributed by atoms with Gasteiger partial charge in [0.25, 0.3) is 0 Å². The maximum Gasteiger partial charge on any atom is 0.214 e. The van der Waals surface area contributed by atoms with Crippen molar-refractivity contribution in [2.75, 3.05) is 19.0 Å². The molecule has 1 unspecified atom stereocenters. The van der Waals surface area contributed by atoms with Crippen LogP contribution < -0.4 is 4.72 Å². The lowest BCUT2D eigenvalue weighted by Gasteiger charge is -2.17. The molecule has 1 saturated carbocycles. The highest BCUT2D eigenvalue weighted by atomic mass is 32.2. The maximum atomic E-state index is 11.7. The summed E-state index contributed by atoms with van der Waals surface area (Å²) in [6, 6.07) is 0.113. The van der Waals surface area contributed by atoms with Gasteiger partial charge in [-0.25, -0.2) is 13.1 Å². The third kappa shape index (κ3) is 4.80. The van der Waals surface area contributed by atoms with Gasteiger partial charge in [0.2, 0.25) is 10.0 Å². The minimum absolute atomic E-state index is 0.0672. The molecule has 0 spiro atoms. The first kappa shape index (κ1) is 13.9. The van der Waals surface area contributed by atoms with E-state index >= 15 is 0 Å². The van der Waals surface area contributed by atoms with Crippen LogP contribution in [0.2, 0.25) is 0 Å². The van der Waals surface area contributed by atoms with Crippen LogP contribution in [-0.2, 0) is 14.8 Å². The van der Waals surface area contributed by atoms with Crippen LogP contribution in [-0.4, -0.2) is 33.4 Å². The summed E-state index contributed by atoms with van der Waals surface area (Å²) < 4.78 is 31.2. The van der Waals surface area contributed by atoms with Crippen molar-refractivity contribution in [1.29, 1.82) is 0 Å². The van der Waals surface area contributed by atoms with Gasteiger partial charge in [0.15, 0.2) is 0 Å². The maximum absolute atomic E-state index is 11.7. The third-order valence-corrected chi connectivity index (χ3v) is 4.41. The molecule has 1 rings (SSSR count). The molecule has 0 aromatic rings. The van der Waals surface area contributed by atoms with E-state index in [0.29, 0.717) is 6.61 Å². The summed E-state index contributed by atoms with van der Waals surface area (Å²) in [6.07, 6.45) is 2.97. The average molecular weight is 249 g/mol. The summed E-state index contributed by atoms with van der Waals surface area (Å²) in [7, 11) is -3.16. The average Bonchev–Trinajstić information content (AvgIpc) is 2.44. The van der Waals surface area contributed by atoms with Crippen molar-refractivity contribution in [3.8, 4) is 0 Å². The zero-order valence-corrected chi connectivity index (χ0v) is 11.3. The van der Waals surface area contributed by atoms with Crippen LogP contribution in [0.15, 0.2) is 0 Å². The lowest BCUT2D eigenvalue weighted by Crippen LogP contribution is -2.36. The Morgan fingerprint density at radius 2 is 2.12 bits per heavy atom. The second-order valence-electron chi connectivity index (χ2n) is 5.24. The molecule has 96 valence electrons. The fourth-order valence-electron chi connectivity index (χ4n) is 2.16. The normalized spacial score (nSPS) is 24.8. The van der Waals surface area contributed by atoms with Crippen molar-refractivity contribution in [2.24, 2.45) is 5.41 Å². The zero-order chi connectivity index (χ0) is 12.2. The fraction of sp³-hybridized carbons (Fsp3) is 1.00. The molecule has 0 aromatic carbocycles. The second-order valence-corrected chi connectivity index (χ2v) is 7.11. The van der Waals surface area contributed by atoms with Crippen LogP contribution in [0.3, 0.4) is 0 Å². The minimum atomic E-state index is -3.16. The fourth-order valence-corrected chi connectivity index (χ4v) is 3.33. The number of nitrogens with one attached hydrogen (secondary N) is 1. The summed E-state index contributed by atoms with van der Waals surface area (Å²) >= 11 is 0. The Morgan fingerprint density at radius 3 is 2.62 bits per heavy atom. The predicted molar refractivity (Wildman–Crippen MR) is 64.8 cm³/mol. The Hall–Kier alpha value is -0.130. The standard InChI is InChI=1S/C11H23NO3S/c1-4-15-7-8-16(13,14)12-10-5-6-11(2,3)9-10/h10,12H,4-9H2,1-3H3. The number of ether oxygens (including phenoxy) is 1. The van der Waals surface area contributed by atoms with Gasteiger partial charge in [0, 0.05) is 12.6 Å². The van der Waals surface area contributed by atoms with E-state index in [2.05, 4.69) is 18.6 Å². The number of hydrogen-bond donors (Lipinski definition) is 1. The topological polar surface area (TPSA) is 55.4 Å². The summed E-state index contributed by atoms with van der Waals surface area (Å²) in [5.74, 6) is 0.0672. The molecule has 1 aliphatic rings. The van der Waals surface area contributed by atoms with Crippen molar-refractivity contribution in [2.45, 2.75) is 46.1 Å². The van der Waals surface area contributed by atoms with Gasteiger partial charge in [-0.2, -0.15) is 0 Å². The first-order valence-electron chi connectivity index (χ1n) is 5.92. The van der Waals surface area contributed by atoms with Gasteiger partial charge in [0.05, 0.1) is 12.4 Å². The summed E-state index contributed by atoms with van der Waals surface area (Å²) in [4.78, 5) is 0. The largest absolute Gasteiger partial charge is 0.381 e. The molecule has 0 radical (unpaired) electrons. The van der Waals surface area contributed by atoms with Gasteiger partial charge in [-0.3, -0.25) is 0 Å². The van der Waals surface area contributed by atoms with Crippen molar-refractivity contribution >= 4 is 10.0 Å². The highest BCUT2D eigenvalue weighted by Crippen LogP contribution is 2.37. The van der Waals surface area contributed by atoms with E-state index in [-0.39, 0.29) is 23.8 Å². The molecule has 0 bridgehead atoms. The molecule has 5 heteroatoms. The second kappa shape index (κ2) is 5.47. The lowest BCUT2D eigenvalue weighted by molar-refractivity contribution is 0.163. The Morgan fingerprint density at radius 1 is 1.44 bits per heavy atom. The molecule has 4 nitrogen and oxygen atoms in total. The van der Waals surface area contributed by atoms with Crippen molar-refractivity contribution < 1.29 is 13.2 Å². The molecule has 1 N–H and O–H groups in total. The van der Waals surface area contributed by atoms with Gasteiger partial charge in [-0.05, 0) is 31.6 Å². The molecule has 0 amide bonds. The quantitative estimate of drug-likeness (QED) is 0.726. The van der Waals surface area contributed by atoms with Crippen molar-refractivity contribution in [1.82, 2.24) is 4.72 Å². The highest BCUT2D eigenvalue weighted by Gasteiger charge is 2.32. The Kier molecular flexibility index (Phi) is 4.76. The van der Waals surface area contributed by atoms with E-state index in [0.717, 1.165) is 19.3 Å². The summed E-state index contributed by atoms with van der Waals surface area (Å²) in [6.45, 7) is 7.07. The van der Waals surface area contributed by atoms with Gasteiger partial charge in [-0.1, -0.05) is 13.8 Å². The molecular weight excluding hydrogens is 226 g/mol. The first-order valence-corrected chi connectivity index (χ1v) is 7.58. The third-order valence-electron chi connectivity index (χ3n) is 3.02. The monoisotopic (exact) mass is 249 g/mol. The minimum Gasteiger partial charge on any atom is -0.381 e. The van der Waals surface area contributed by atoms with E-state index in [4.69, 9.17) is 4.74 Å². The van der Waals surface area contributed by atoms with Crippen LogP contribution in [0.4, 0.5) is 0 Å². The van der Waals surface area contributed by atoms with E-state index in [1.54, 1.807) is 0 Å². The van der Waals surface area contributed by atoms with E-state index in [1.807, 2.05) is 6.92 Å². The Balaban J connectivity index is 2.36. The van der Waals surface area contributed by atoms with Gasteiger partial charge < -0.3 is 4.74 Å². The van der Waals surface area contributed by atoms with Gasteiger partial charge in [-0.15, -0.1) is 0 Å². The number of hydrogen-bond acceptors (Lipinski definition) is 3. The van der Waals surface area contributed by atoms with Crippen molar-refractivity contribution in [3.63, 3.8) is 0 Å². The van der Waals surface area contributed by atoms with Crippen molar-refractivity contribution in [3.05, 3.63) is 0 Å². The molecule has 0 saturated heterocycles. The van der Waals surface area contributed by atoms with Crippen LogP contribution in [0.5, 0.6) is 0 Å². The highest BCUT2D eigenvalue weighted by molar-refractivity contribution is 7.89. The SMILES string of the molecule is CCOCCS(=O)(=O)NC1CCC(C)(C)C1. The van der Waals surface area contributed by atoms with E-state index in [1.165, 1.54) is 0 Å².